The molecule has 0 spiro atoms. The molecule has 0 aliphatic carbocycles. The van der Waals surface area contributed by atoms with E-state index in [0.717, 1.165) is 18.1 Å². The highest BCUT2D eigenvalue weighted by atomic mass is 32.2. The number of hydrogen-bond acceptors (Lipinski definition) is 6. The number of carbonyl (C=O) groups excluding carboxylic acids is 1. The predicted molar refractivity (Wildman–Crippen MR) is 78.7 cm³/mol. The summed E-state index contributed by atoms with van der Waals surface area (Å²) in [5.41, 5.74) is 6.50. The molecule has 1 saturated heterocycles. The first-order chi connectivity index (χ1) is 9.04. The average Bonchev–Trinajstić information content (AvgIpc) is 2.42. The second-order valence-electron chi connectivity index (χ2n) is 4.63. The van der Waals surface area contributed by atoms with E-state index >= 15 is 0 Å². The molecule has 1 aromatic heterocycles. The fourth-order valence-electron chi connectivity index (χ4n) is 2.16. The molecule has 6 heteroatoms. The Morgan fingerprint density at radius 3 is 3.00 bits per heavy atom. The largest absolute Gasteiger partial charge is 0.465 e. The highest BCUT2D eigenvalue weighted by Crippen LogP contribution is 2.29. The second kappa shape index (κ2) is 5.69. The molecule has 104 valence electrons. The van der Waals surface area contributed by atoms with Gasteiger partial charge in [-0.25, -0.2) is 9.78 Å². The number of esters is 1. The molecule has 1 aromatic rings. The van der Waals surface area contributed by atoms with Crippen molar-refractivity contribution >= 4 is 29.2 Å². The standard InChI is InChI=1S/C13H19N3O2S/c1-8-9(2)19-5-4-16(8)12-6-10(13(17)18-3)11(14)7-15-12/h6-9H,4-5,14H2,1-3H3. The van der Waals surface area contributed by atoms with Gasteiger partial charge in [0, 0.05) is 23.6 Å². The average molecular weight is 281 g/mol. The van der Waals surface area contributed by atoms with Crippen LogP contribution in [0.5, 0.6) is 0 Å². The Morgan fingerprint density at radius 1 is 1.58 bits per heavy atom. The van der Waals surface area contributed by atoms with Crippen LogP contribution < -0.4 is 10.6 Å². The number of pyridine rings is 1. The molecule has 0 radical (unpaired) electrons. The van der Waals surface area contributed by atoms with Gasteiger partial charge in [0.15, 0.2) is 0 Å². The van der Waals surface area contributed by atoms with Gasteiger partial charge in [-0.05, 0) is 13.0 Å². The molecule has 5 nitrogen and oxygen atoms in total. The van der Waals surface area contributed by atoms with E-state index in [0.29, 0.717) is 22.5 Å². The van der Waals surface area contributed by atoms with Crippen LogP contribution >= 0.6 is 11.8 Å². The van der Waals surface area contributed by atoms with E-state index in [9.17, 15) is 4.79 Å². The maximum Gasteiger partial charge on any atom is 0.340 e. The SMILES string of the molecule is COC(=O)c1cc(N2CCSC(C)C2C)ncc1N. The van der Waals surface area contributed by atoms with Crippen LogP contribution in [0.4, 0.5) is 11.5 Å². The third-order valence-electron chi connectivity index (χ3n) is 3.50. The van der Waals surface area contributed by atoms with Crippen LogP contribution in [0.25, 0.3) is 0 Å². The number of anilines is 2. The molecule has 0 bridgehead atoms. The lowest BCUT2D eigenvalue weighted by Crippen LogP contribution is -2.45. The van der Waals surface area contributed by atoms with Gasteiger partial charge in [-0.15, -0.1) is 0 Å². The van der Waals surface area contributed by atoms with Crippen molar-refractivity contribution in [3.8, 4) is 0 Å². The van der Waals surface area contributed by atoms with E-state index in [4.69, 9.17) is 10.5 Å². The van der Waals surface area contributed by atoms with Gasteiger partial charge in [0.2, 0.25) is 0 Å². The highest BCUT2D eigenvalue weighted by molar-refractivity contribution is 8.00. The summed E-state index contributed by atoms with van der Waals surface area (Å²) in [5, 5.41) is 0.537. The van der Waals surface area contributed by atoms with Crippen LogP contribution in [0, 0.1) is 0 Å². The summed E-state index contributed by atoms with van der Waals surface area (Å²) in [7, 11) is 1.35. The van der Waals surface area contributed by atoms with Crippen LogP contribution in [0.15, 0.2) is 12.3 Å². The summed E-state index contributed by atoms with van der Waals surface area (Å²) < 4.78 is 4.74. The third-order valence-corrected chi connectivity index (χ3v) is 4.84. The van der Waals surface area contributed by atoms with Crippen molar-refractivity contribution in [1.29, 1.82) is 0 Å². The molecule has 2 rings (SSSR count). The first kappa shape index (κ1) is 14.0. The van der Waals surface area contributed by atoms with Gasteiger partial charge in [0.05, 0.1) is 24.6 Å². The normalized spacial score (nSPS) is 23.2. The van der Waals surface area contributed by atoms with E-state index in [2.05, 4.69) is 23.7 Å². The number of rotatable bonds is 2. The molecule has 19 heavy (non-hydrogen) atoms. The van der Waals surface area contributed by atoms with Gasteiger partial charge in [-0.1, -0.05) is 6.92 Å². The van der Waals surface area contributed by atoms with E-state index in [-0.39, 0.29) is 0 Å². The first-order valence-electron chi connectivity index (χ1n) is 6.26. The molecular weight excluding hydrogens is 262 g/mol. The number of carbonyl (C=O) groups is 1. The summed E-state index contributed by atoms with van der Waals surface area (Å²) in [6.45, 7) is 5.31. The van der Waals surface area contributed by atoms with Crippen LogP contribution in [0.1, 0.15) is 24.2 Å². The number of hydrogen-bond donors (Lipinski definition) is 1. The zero-order valence-corrected chi connectivity index (χ0v) is 12.2. The molecule has 2 unspecified atom stereocenters. The topological polar surface area (TPSA) is 68.5 Å². The van der Waals surface area contributed by atoms with Gasteiger partial charge in [-0.2, -0.15) is 11.8 Å². The number of aromatic nitrogens is 1. The van der Waals surface area contributed by atoms with Crippen molar-refractivity contribution in [2.75, 3.05) is 30.0 Å². The van der Waals surface area contributed by atoms with Crippen molar-refractivity contribution in [1.82, 2.24) is 4.98 Å². The van der Waals surface area contributed by atoms with E-state index in [1.54, 1.807) is 6.07 Å². The molecule has 1 fully saturated rings. The summed E-state index contributed by atoms with van der Waals surface area (Å²) in [6.07, 6.45) is 1.53. The van der Waals surface area contributed by atoms with Crippen LogP contribution in [-0.2, 0) is 4.74 Å². The van der Waals surface area contributed by atoms with Crippen LogP contribution in [-0.4, -0.2) is 41.7 Å². The van der Waals surface area contributed by atoms with Gasteiger partial charge < -0.3 is 15.4 Å². The smallest absolute Gasteiger partial charge is 0.340 e. The maximum absolute atomic E-state index is 11.7. The summed E-state index contributed by atoms with van der Waals surface area (Å²) in [4.78, 5) is 18.2. The number of nitrogen functional groups attached to an aromatic ring is 1. The maximum atomic E-state index is 11.7. The quantitative estimate of drug-likeness (QED) is 0.833. The molecule has 1 aliphatic heterocycles. The third kappa shape index (κ3) is 2.78. The molecule has 0 amide bonds. The Bertz CT molecular complexity index is 481. The zero-order valence-electron chi connectivity index (χ0n) is 11.4. The lowest BCUT2D eigenvalue weighted by Gasteiger charge is -2.38. The summed E-state index contributed by atoms with van der Waals surface area (Å²) in [6, 6.07) is 2.10. The molecule has 0 aromatic carbocycles. The lowest BCUT2D eigenvalue weighted by molar-refractivity contribution is 0.0602. The Morgan fingerprint density at radius 2 is 2.32 bits per heavy atom. The summed E-state index contributed by atoms with van der Waals surface area (Å²) >= 11 is 1.96. The van der Waals surface area contributed by atoms with E-state index in [1.165, 1.54) is 13.3 Å². The minimum atomic E-state index is -0.423. The summed E-state index contributed by atoms with van der Waals surface area (Å²) in [5.74, 6) is 1.42. The molecule has 0 saturated carbocycles. The first-order valence-corrected chi connectivity index (χ1v) is 7.31. The van der Waals surface area contributed by atoms with Gasteiger partial charge in [0.1, 0.15) is 5.82 Å². The van der Waals surface area contributed by atoms with Gasteiger partial charge in [0.25, 0.3) is 0 Å². The second-order valence-corrected chi connectivity index (χ2v) is 6.12. The Balaban J connectivity index is 2.32. The number of thioether (sulfide) groups is 1. The fraction of sp³-hybridized carbons (Fsp3) is 0.538. The Hall–Kier alpha value is -1.43. The van der Waals surface area contributed by atoms with Crippen molar-refractivity contribution in [2.45, 2.75) is 25.1 Å². The Labute approximate surface area is 117 Å². The molecule has 1 aliphatic rings. The molecule has 2 atom stereocenters. The van der Waals surface area contributed by atoms with E-state index in [1.807, 2.05) is 11.8 Å². The van der Waals surface area contributed by atoms with Crippen molar-refractivity contribution in [3.05, 3.63) is 17.8 Å². The molecule has 2 heterocycles. The van der Waals surface area contributed by atoms with Crippen molar-refractivity contribution in [3.63, 3.8) is 0 Å². The number of nitrogens with zero attached hydrogens (tertiary/aromatic N) is 2. The molecule has 2 N–H and O–H groups in total. The zero-order chi connectivity index (χ0) is 14.0. The van der Waals surface area contributed by atoms with Gasteiger partial charge >= 0.3 is 5.97 Å². The van der Waals surface area contributed by atoms with Crippen molar-refractivity contribution in [2.24, 2.45) is 0 Å². The highest BCUT2D eigenvalue weighted by Gasteiger charge is 2.27. The number of ether oxygens (including phenoxy) is 1. The fourth-order valence-corrected chi connectivity index (χ4v) is 3.25. The monoisotopic (exact) mass is 281 g/mol. The lowest BCUT2D eigenvalue weighted by atomic mass is 10.1. The molecular formula is C13H19N3O2S. The number of methoxy groups -OCH3 is 1. The Kier molecular flexibility index (Phi) is 4.19. The number of nitrogens with two attached hydrogens (primary N) is 1. The minimum Gasteiger partial charge on any atom is -0.465 e. The van der Waals surface area contributed by atoms with E-state index < -0.39 is 5.97 Å². The van der Waals surface area contributed by atoms with Gasteiger partial charge in [-0.3, -0.25) is 0 Å². The van der Waals surface area contributed by atoms with Crippen LogP contribution in [0.3, 0.4) is 0 Å². The predicted octanol–water partition coefficient (Wildman–Crippen LogP) is 1.78. The van der Waals surface area contributed by atoms with Crippen LogP contribution in [0.2, 0.25) is 0 Å². The minimum absolute atomic E-state index is 0.350. The van der Waals surface area contributed by atoms with Crippen molar-refractivity contribution < 1.29 is 9.53 Å².